The van der Waals surface area contributed by atoms with Gasteiger partial charge in [-0.3, -0.25) is 13.8 Å². The molecular formula is C61H114N2O6P+. The number of quaternary nitrogens is 1. The number of phosphoric acid groups is 1. The molecule has 3 N–H and O–H groups in total. The number of nitrogens with one attached hydrogen (secondary N) is 1. The summed E-state index contributed by atoms with van der Waals surface area (Å²) in [6, 6.07) is -0.852. The van der Waals surface area contributed by atoms with Crippen molar-refractivity contribution in [2.24, 2.45) is 0 Å². The van der Waals surface area contributed by atoms with E-state index in [1.54, 1.807) is 6.08 Å². The van der Waals surface area contributed by atoms with E-state index in [2.05, 4.69) is 79.9 Å². The summed E-state index contributed by atoms with van der Waals surface area (Å²) in [5.41, 5.74) is 0. The van der Waals surface area contributed by atoms with Gasteiger partial charge in [-0.2, -0.15) is 0 Å². The highest BCUT2D eigenvalue weighted by Crippen LogP contribution is 2.43. The highest BCUT2D eigenvalue weighted by molar-refractivity contribution is 7.47. The van der Waals surface area contributed by atoms with Crippen LogP contribution in [0.5, 0.6) is 0 Å². The summed E-state index contributed by atoms with van der Waals surface area (Å²) in [6.07, 6.45) is 71.4. The Bertz CT molecular complexity index is 1370. The molecule has 3 atom stereocenters. The molecule has 0 aromatic heterocycles. The van der Waals surface area contributed by atoms with Gasteiger partial charge >= 0.3 is 7.82 Å². The van der Waals surface area contributed by atoms with Crippen molar-refractivity contribution in [3.8, 4) is 0 Å². The Hall–Kier alpha value is -2.06. The molecule has 0 radical (unpaired) electrons. The lowest BCUT2D eigenvalue weighted by molar-refractivity contribution is -0.870. The maximum atomic E-state index is 13.0. The van der Waals surface area contributed by atoms with Crippen LogP contribution in [0.2, 0.25) is 0 Å². The van der Waals surface area contributed by atoms with Gasteiger partial charge in [0.2, 0.25) is 5.91 Å². The summed E-state index contributed by atoms with van der Waals surface area (Å²) in [6.45, 7) is 4.72. The van der Waals surface area contributed by atoms with Gasteiger partial charge in [0.05, 0.1) is 39.9 Å². The lowest BCUT2D eigenvalue weighted by atomic mass is 10.0. The van der Waals surface area contributed by atoms with Gasteiger partial charge in [-0.1, -0.05) is 260 Å². The molecule has 0 rings (SSSR count). The van der Waals surface area contributed by atoms with Gasteiger partial charge in [-0.15, -0.1) is 0 Å². The van der Waals surface area contributed by atoms with Crippen molar-refractivity contribution in [3.63, 3.8) is 0 Å². The molecule has 1 amide bonds. The van der Waals surface area contributed by atoms with Crippen LogP contribution >= 0.6 is 7.82 Å². The third-order valence-electron chi connectivity index (χ3n) is 12.9. The molecule has 0 saturated carbocycles. The fourth-order valence-electron chi connectivity index (χ4n) is 8.36. The number of nitrogens with zero attached hydrogens (tertiary/aromatic N) is 1. The molecule has 0 fully saturated rings. The zero-order valence-corrected chi connectivity index (χ0v) is 47.4. The van der Waals surface area contributed by atoms with Crippen molar-refractivity contribution in [3.05, 3.63) is 72.9 Å². The van der Waals surface area contributed by atoms with Crippen LogP contribution in [0.4, 0.5) is 0 Å². The van der Waals surface area contributed by atoms with Crippen LogP contribution in [-0.4, -0.2) is 73.4 Å². The second-order valence-corrected chi connectivity index (χ2v) is 22.4. The number of hydrogen-bond acceptors (Lipinski definition) is 5. The second-order valence-electron chi connectivity index (χ2n) is 21.0. The summed E-state index contributed by atoms with van der Waals surface area (Å²) in [7, 11) is 1.57. The molecule has 8 nitrogen and oxygen atoms in total. The Morgan fingerprint density at radius 3 is 1.26 bits per heavy atom. The smallest absolute Gasteiger partial charge is 0.387 e. The van der Waals surface area contributed by atoms with Crippen LogP contribution in [-0.2, 0) is 18.4 Å². The number of likely N-dealkylation sites (N-methyl/N-ethyl adjacent to an activating group) is 1. The SMILES string of the molecule is CC/C=C\C/C=C\C/C=C\C/C=C\C/C=C\CCCCCCCCCCCCCC(=O)NC(COP(=O)(O)OCC[N+](C)(C)C)C(O)/C=C/CCCCCCCCCCCCCCCCCCCCC. The van der Waals surface area contributed by atoms with E-state index in [9.17, 15) is 19.4 Å². The average Bonchev–Trinajstić information content (AvgIpc) is 3.32. The highest BCUT2D eigenvalue weighted by atomic mass is 31.2. The summed E-state index contributed by atoms with van der Waals surface area (Å²) in [5, 5.41) is 14.0. The fourth-order valence-corrected chi connectivity index (χ4v) is 9.10. The lowest BCUT2D eigenvalue weighted by Crippen LogP contribution is -2.45. The number of carbonyl (C=O) groups excluding carboxylic acids is 1. The minimum absolute atomic E-state index is 0.0587. The monoisotopic (exact) mass is 1000 g/mol. The zero-order valence-electron chi connectivity index (χ0n) is 46.5. The molecule has 70 heavy (non-hydrogen) atoms. The van der Waals surface area contributed by atoms with Crippen molar-refractivity contribution < 1.29 is 32.9 Å². The van der Waals surface area contributed by atoms with Crippen molar-refractivity contribution in [1.29, 1.82) is 0 Å². The molecule has 0 heterocycles. The number of rotatable bonds is 53. The van der Waals surface area contributed by atoms with E-state index in [1.165, 1.54) is 167 Å². The molecule has 0 saturated heterocycles. The zero-order chi connectivity index (χ0) is 51.3. The summed E-state index contributed by atoms with van der Waals surface area (Å²) >= 11 is 0. The predicted octanol–water partition coefficient (Wildman–Crippen LogP) is 17.9. The van der Waals surface area contributed by atoms with Crippen LogP contribution < -0.4 is 5.32 Å². The predicted molar refractivity (Wildman–Crippen MR) is 304 cm³/mol. The van der Waals surface area contributed by atoms with Gasteiger partial charge in [0, 0.05) is 6.42 Å². The van der Waals surface area contributed by atoms with E-state index in [4.69, 9.17) is 9.05 Å². The number of phosphoric ester groups is 1. The molecular weight excluding hydrogens is 888 g/mol. The number of allylic oxidation sites excluding steroid dienone is 11. The average molecular weight is 1000 g/mol. The third-order valence-corrected chi connectivity index (χ3v) is 13.9. The van der Waals surface area contributed by atoms with E-state index in [0.29, 0.717) is 17.4 Å². The van der Waals surface area contributed by atoms with E-state index in [1.807, 2.05) is 27.2 Å². The minimum Gasteiger partial charge on any atom is -0.387 e. The molecule has 0 aliphatic heterocycles. The third kappa shape index (κ3) is 53.7. The summed E-state index contributed by atoms with van der Waals surface area (Å²) in [4.78, 5) is 23.3. The number of amides is 1. The van der Waals surface area contributed by atoms with Crippen LogP contribution in [0.15, 0.2) is 72.9 Å². The van der Waals surface area contributed by atoms with Crippen molar-refractivity contribution in [1.82, 2.24) is 5.32 Å². The number of carbonyl (C=O) groups is 1. The Morgan fingerprint density at radius 2 is 0.857 bits per heavy atom. The Kier molecular flexibility index (Phi) is 50.3. The van der Waals surface area contributed by atoms with Gasteiger partial charge in [-0.25, -0.2) is 4.57 Å². The van der Waals surface area contributed by atoms with Gasteiger partial charge in [-0.05, 0) is 64.2 Å². The van der Waals surface area contributed by atoms with Crippen molar-refractivity contribution >= 4 is 13.7 Å². The largest absolute Gasteiger partial charge is 0.472 e. The van der Waals surface area contributed by atoms with Crippen molar-refractivity contribution in [2.45, 2.75) is 270 Å². The first kappa shape index (κ1) is 67.9. The number of aliphatic hydroxyl groups excluding tert-OH is 1. The second kappa shape index (κ2) is 51.8. The fraction of sp³-hybridized carbons (Fsp3) is 0.787. The molecule has 0 spiro atoms. The first-order valence-electron chi connectivity index (χ1n) is 29.3. The van der Waals surface area contributed by atoms with E-state index < -0.39 is 20.0 Å². The van der Waals surface area contributed by atoms with Gasteiger partial charge in [0.25, 0.3) is 0 Å². The van der Waals surface area contributed by atoms with Crippen LogP contribution in [0, 0.1) is 0 Å². The minimum atomic E-state index is -4.35. The Balaban J connectivity index is 4.22. The van der Waals surface area contributed by atoms with E-state index in [0.717, 1.165) is 70.6 Å². The molecule has 0 aromatic carbocycles. The van der Waals surface area contributed by atoms with E-state index >= 15 is 0 Å². The lowest BCUT2D eigenvalue weighted by Gasteiger charge is -2.25. The Labute approximate surface area is 434 Å². The number of hydrogen-bond donors (Lipinski definition) is 3. The maximum Gasteiger partial charge on any atom is 0.472 e. The molecule has 3 unspecified atom stereocenters. The Morgan fingerprint density at radius 1 is 0.500 bits per heavy atom. The molecule has 0 aliphatic rings. The van der Waals surface area contributed by atoms with Gasteiger partial charge in [0.1, 0.15) is 13.2 Å². The first-order valence-corrected chi connectivity index (χ1v) is 30.8. The topological polar surface area (TPSA) is 105 Å². The van der Waals surface area contributed by atoms with Gasteiger partial charge in [0.15, 0.2) is 0 Å². The molecule has 0 bridgehead atoms. The first-order chi connectivity index (χ1) is 34.0. The van der Waals surface area contributed by atoms with Crippen LogP contribution in [0.25, 0.3) is 0 Å². The van der Waals surface area contributed by atoms with Crippen LogP contribution in [0.1, 0.15) is 258 Å². The summed E-state index contributed by atoms with van der Waals surface area (Å²) in [5.74, 6) is -0.181. The molecule has 0 aromatic rings. The van der Waals surface area contributed by atoms with Crippen molar-refractivity contribution in [2.75, 3.05) is 40.9 Å². The number of aliphatic hydroxyl groups is 1. The molecule has 9 heteroatoms. The summed E-state index contributed by atoms with van der Waals surface area (Å²) < 4.78 is 23.7. The molecule has 408 valence electrons. The highest BCUT2D eigenvalue weighted by Gasteiger charge is 2.27. The van der Waals surface area contributed by atoms with E-state index in [-0.39, 0.29) is 19.1 Å². The maximum absolute atomic E-state index is 13.0. The molecule has 0 aliphatic carbocycles. The normalized spacial score (nSPS) is 14.4. The van der Waals surface area contributed by atoms with Crippen LogP contribution in [0.3, 0.4) is 0 Å². The standard InChI is InChI=1S/C61H113N2O6P/c1-6-8-10-12-14-16-18-20-22-24-26-28-29-30-31-32-33-35-37-39-41-43-45-47-49-51-53-55-61(65)62-59(58-69-70(66,67)68-57-56-63(3,4)5)60(64)54-52-50-48-46-44-42-40-38-36-34-27-25-23-21-19-17-15-13-11-9-7-2/h8,10,14,16,20,22,26,28,30-31,52,54,59-60,64H,6-7,9,11-13,15,17-19,21,23-25,27,29,32-51,53,55-58H2,1-5H3,(H-,62,65,66,67)/p+1/b10-8-,16-14-,22-20-,28-26-,31-30-,54-52+. The number of unbranched alkanes of at least 4 members (excludes halogenated alkanes) is 30. The van der Waals surface area contributed by atoms with Gasteiger partial charge < -0.3 is 19.8 Å². The quantitative estimate of drug-likeness (QED) is 0.0243.